The second-order valence-electron chi connectivity index (χ2n) is 5.46. The minimum atomic E-state index is -1.04. The number of anilines is 1. The molecule has 0 unspecified atom stereocenters. The first-order valence-electron chi connectivity index (χ1n) is 8.13. The molecule has 0 aliphatic rings. The number of benzene rings is 2. The molecule has 0 radical (unpaired) electrons. The Morgan fingerprint density at radius 1 is 1.11 bits per heavy atom. The summed E-state index contributed by atoms with van der Waals surface area (Å²) in [4.78, 5) is 24.6. The van der Waals surface area contributed by atoms with Crippen LogP contribution in [0.15, 0.2) is 36.4 Å². The van der Waals surface area contributed by atoms with E-state index in [-0.39, 0.29) is 10.6 Å². The Hall–Kier alpha value is -2.44. The first-order valence-corrected chi connectivity index (χ1v) is 8.89. The predicted molar refractivity (Wildman–Crippen MR) is 104 cm³/mol. The Bertz CT molecular complexity index is 841. The highest BCUT2D eigenvalue weighted by atomic mass is 35.5. The monoisotopic (exact) mass is 411 g/mol. The normalized spacial score (nSPS) is 11.4. The quantitative estimate of drug-likeness (QED) is 0.674. The van der Waals surface area contributed by atoms with E-state index in [1.807, 2.05) is 6.92 Å². The Morgan fingerprint density at radius 3 is 2.48 bits per heavy atom. The zero-order valence-electron chi connectivity index (χ0n) is 15.0. The standard InChI is InChI=1S/C19H19Cl2NO5/c1-4-26-16-8-5-12(9-17(16)25-3)19(24)27-11(2)18(23)22-15-7-6-13(20)10-14(15)21/h5-11H,4H2,1-3H3,(H,22,23)/t11-/m1/s1. The van der Waals surface area contributed by atoms with Crippen molar-refractivity contribution in [1.82, 2.24) is 0 Å². The van der Waals surface area contributed by atoms with Crippen LogP contribution >= 0.6 is 23.2 Å². The second kappa shape index (κ2) is 9.48. The highest BCUT2D eigenvalue weighted by molar-refractivity contribution is 6.36. The van der Waals surface area contributed by atoms with Gasteiger partial charge in [0.15, 0.2) is 17.6 Å². The molecule has 1 amide bonds. The van der Waals surface area contributed by atoms with Gasteiger partial charge in [0.1, 0.15) is 0 Å². The molecule has 0 saturated heterocycles. The van der Waals surface area contributed by atoms with Gasteiger partial charge in [-0.2, -0.15) is 0 Å². The van der Waals surface area contributed by atoms with Crippen LogP contribution in [0, 0.1) is 0 Å². The minimum Gasteiger partial charge on any atom is -0.493 e. The summed E-state index contributed by atoms with van der Waals surface area (Å²) < 4.78 is 15.8. The lowest BCUT2D eigenvalue weighted by Crippen LogP contribution is -2.30. The van der Waals surface area contributed by atoms with Crippen LogP contribution in [0.25, 0.3) is 0 Å². The summed E-state index contributed by atoms with van der Waals surface area (Å²) in [6.45, 7) is 3.77. The number of halogens is 2. The van der Waals surface area contributed by atoms with Crippen LogP contribution < -0.4 is 14.8 Å². The molecule has 2 aromatic rings. The maximum absolute atomic E-state index is 12.3. The first kappa shape index (κ1) is 20.9. The SMILES string of the molecule is CCOc1ccc(C(=O)O[C@H](C)C(=O)Nc2ccc(Cl)cc2Cl)cc1OC. The molecular formula is C19H19Cl2NO5. The number of rotatable bonds is 7. The van der Waals surface area contributed by atoms with Crippen LogP contribution in [0.2, 0.25) is 10.0 Å². The third-order valence-electron chi connectivity index (χ3n) is 3.54. The molecule has 2 aromatic carbocycles. The second-order valence-corrected chi connectivity index (χ2v) is 6.30. The number of hydrogen-bond acceptors (Lipinski definition) is 5. The van der Waals surface area contributed by atoms with Crippen LogP contribution in [0.1, 0.15) is 24.2 Å². The van der Waals surface area contributed by atoms with Gasteiger partial charge in [-0.25, -0.2) is 4.79 Å². The summed E-state index contributed by atoms with van der Waals surface area (Å²) in [5, 5.41) is 3.32. The van der Waals surface area contributed by atoms with E-state index in [2.05, 4.69) is 5.32 Å². The molecule has 0 aromatic heterocycles. The summed E-state index contributed by atoms with van der Waals surface area (Å²) in [5.41, 5.74) is 0.608. The number of carbonyl (C=O) groups is 2. The number of carbonyl (C=O) groups excluding carboxylic acids is 2. The van der Waals surface area contributed by atoms with E-state index >= 15 is 0 Å². The lowest BCUT2D eigenvalue weighted by Gasteiger charge is -2.15. The molecule has 6 nitrogen and oxygen atoms in total. The number of ether oxygens (including phenoxy) is 3. The molecule has 0 aliphatic heterocycles. The third kappa shape index (κ3) is 5.52. The average molecular weight is 412 g/mol. The average Bonchev–Trinajstić information content (AvgIpc) is 2.64. The van der Waals surface area contributed by atoms with Gasteiger partial charge in [0.25, 0.3) is 5.91 Å². The fourth-order valence-electron chi connectivity index (χ4n) is 2.18. The van der Waals surface area contributed by atoms with Gasteiger partial charge in [0, 0.05) is 5.02 Å². The van der Waals surface area contributed by atoms with Gasteiger partial charge in [-0.05, 0) is 50.2 Å². The smallest absolute Gasteiger partial charge is 0.339 e. The van der Waals surface area contributed by atoms with Crippen molar-refractivity contribution < 1.29 is 23.8 Å². The van der Waals surface area contributed by atoms with Crippen molar-refractivity contribution in [2.75, 3.05) is 19.0 Å². The third-order valence-corrected chi connectivity index (χ3v) is 4.09. The minimum absolute atomic E-state index is 0.236. The van der Waals surface area contributed by atoms with Crippen molar-refractivity contribution in [1.29, 1.82) is 0 Å². The molecular weight excluding hydrogens is 393 g/mol. The molecule has 8 heteroatoms. The van der Waals surface area contributed by atoms with Gasteiger partial charge >= 0.3 is 5.97 Å². The highest BCUT2D eigenvalue weighted by Crippen LogP contribution is 2.29. The number of nitrogens with one attached hydrogen (secondary N) is 1. The van der Waals surface area contributed by atoms with Gasteiger partial charge in [0.05, 0.1) is 30.0 Å². The van der Waals surface area contributed by atoms with Crippen molar-refractivity contribution in [2.45, 2.75) is 20.0 Å². The van der Waals surface area contributed by atoms with Crippen molar-refractivity contribution in [2.24, 2.45) is 0 Å². The van der Waals surface area contributed by atoms with E-state index in [1.54, 1.807) is 18.2 Å². The van der Waals surface area contributed by atoms with Gasteiger partial charge in [-0.1, -0.05) is 23.2 Å². The van der Waals surface area contributed by atoms with E-state index in [0.717, 1.165) is 0 Å². The number of amides is 1. The summed E-state index contributed by atoms with van der Waals surface area (Å²) in [5.74, 6) is -0.275. The van der Waals surface area contributed by atoms with Crippen molar-refractivity contribution in [3.8, 4) is 11.5 Å². The van der Waals surface area contributed by atoms with Gasteiger partial charge in [-0.15, -0.1) is 0 Å². The summed E-state index contributed by atoms with van der Waals surface area (Å²) in [6.07, 6.45) is -1.04. The molecule has 2 rings (SSSR count). The molecule has 0 heterocycles. The zero-order valence-corrected chi connectivity index (χ0v) is 16.6. The van der Waals surface area contributed by atoms with Gasteiger partial charge in [-0.3, -0.25) is 4.79 Å². The molecule has 0 fully saturated rings. The molecule has 144 valence electrons. The molecule has 1 atom stereocenters. The van der Waals surface area contributed by atoms with E-state index in [1.165, 1.54) is 32.2 Å². The topological polar surface area (TPSA) is 73.9 Å². The van der Waals surface area contributed by atoms with Crippen molar-refractivity contribution in [3.63, 3.8) is 0 Å². The maximum atomic E-state index is 12.3. The molecule has 0 bridgehead atoms. The van der Waals surface area contributed by atoms with Gasteiger partial charge in [0.2, 0.25) is 0 Å². The number of hydrogen-bond donors (Lipinski definition) is 1. The Morgan fingerprint density at radius 2 is 1.85 bits per heavy atom. The number of methoxy groups -OCH3 is 1. The molecule has 1 N–H and O–H groups in total. The molecule has 0 spiro atoms. The van der Waals surface area contributed by atoms with E-state index in [9.17, 15) is 9.59 Å². The number of esters is 1. The summed E-state index contributed by atoms with van der Waals surface area (Å²) in [7, 11) is 1.47. The summed E-state index contributed by atoms with van der Waals surface area (Å²) >= 11 is 11.8. The lowest BCUT2D eigenvalue weighted by atomic mass is 10.2. The van der Waals surface area contributed by atoms with Crippen LogP contribution in [-0.2, 0) is 9.53 Å². The summed E-state index contributed by atoms with van der Waals surface area (Å²) in [6, 6.07) is 9.30. The van der Waals surface area contributed by atoms with E-state index < -0.39 is 18.0 Å². The van der Waals surface area contributed by atoms with Gasteiger partial charge < -0.3 is 19.5 Å². The molecule has 27 heavy (non-hydrogen) atoms. The highest BCUT2D eigenvalue weighted by Gasteiger charge is 2.21. The first-order chi connectivity index (χ1) is 12.8. The predicted octanol–water partition coefficient (Wildman–Crippen LogP) is 4.58. The fraction of sp³-hybridized carbons (Fsp3) is 0.263. The largest absolute Gasteiger partial charge is 0.493 e. The van der Waals surface area contributed by atoms with Crippen LogP contribution in [0.4, 0.5) is 5.69 Å². The van der Waals surface area contributed by atoms with Crippen LogP contribution in [0.5, 0.6) is 11.5 Å². The van der Waals surface area contributed by atoms with Crippen molar-refractivity contribution in [3.05, 3.63) is 52.0 Å². The van der Waals surface area contributed by atoms with Crippen molar-refractivity contribution >= 4 is 40.8 Å². The lowest BCUT2D eigenvalue weighted by molar-refractivity contribution is -0.123. The Balaban J connectivity index is 2.04. The molecule has 0 saturated carbocycles. The zero-order chi connectivity index (χ0) is 20.0. The maximum Gasteiger partial charge on any atom is 0.339 e. The van der Waals surface area contributed by atoms with E-state index in [0.29, 0.717) is 28.8 Å². The molecule has 0 aliphatic carbocycles. The van der Waals surface area contributed by atoms with Crippen LogP contribution in [0.3, 0.4) is 0 Å². The Labute approximate surface area is 167 Å². The Kier molecular flexibility index (Phi) is 7.33. The fourth-order valence-corrected chi connectivity index (χ4v) is 2.63. The van der Waals surface area contributed by atoms with E-state index in [4.69, 9.17) is 37.4 Å². The van der Waals surface area contributed by atoms with Crippen LogP contribution in [-0.4, -0.2) is 31.7 Å².